The second kappa shape index (κ2) is 9.78. The second-order valence-electron chi connectivity index (χ2n) is 5.33. The van der Waals surface area contributed by atoms with Crippen LogP contribution in [0, 0.1) is 0 Å². The average Bonchev–Trinajstić information content (AvgIpc) is 2.47. The van der Waals surface area contributed by atoms with Gasteiger partial charge in [0.15, 0.2) is 0 Å². The van der Waals surface area contributed by atoms with Crippen LogP contribution in [0.15, 0.2) is 24.3 Å². The van der Waals surface area contributed by atoms with Gasteiger partial charge in [-0.15, -0.1) is 0 Å². The third kappa shape index (κ3) is 5.93. The summed E-state index contributed by atoms with van der Waals surface area (Å²) < 4.78 is 11.1. The van der Waals surface area contributed by atoms with Crippen LogP contribution in [0.4, 0.5) is 0 Å². The van der Waals surface area contributed by atoms with Gasteiger partial charge in [0.2, 0.25) is 0 Å². The molecule has 0 aliphatic rings. The highest BCUT2D eigenvalue weighted by Gasteiger charge is 2.11. The first-order chi connectivity index (χ1) is 9.69. The molecular formula is C17H29NO2. The van der Waals surface area contributed by atoms with Crippen LogP contribution in [0.2, 0.25) is 0 Å². The number of hydrogen-bond acceptors (Lipinski definition) is 3. The summed E-state index contributed by atoms with van der Waals surface area (Å²) in [7, 11) is 1.73. The zero-order valence-corrected chi connectivity index (χ0v) is 13.3. The van der Waals surface area contributed by atoms with Crippen molar-refractivity contribution in [3.63, 3.8) is 0 Å². The molecule has 1 aromatic rings. The first-order valence-electron chi connectivity index (χ1n) is 7.64. The van der Waals surface area contributed by atoms with Gasteiger partial charge in [-0.2, -0.15) is 0 Å². The summed E-state index contributed by atoms with van der Waals surface area (Å²) in [6.45, 7) is 9.20. The highest BCUT2D eigenvalue weighted by atomic mass is 16.5. The number of ether oxygens (including phenoxy) is 2. The summed E-state index contributed by atoms with van der Waals surface area (Å²) in [5, 5.41) is 3.40. The van der Waals surface area contributed by atoms with Gasteiger partial charge < -0.3 is 14.8 Å². The van der Waals surface area contributed by atoms with E-state index in [4.69, 9.17) is 9.47 Å². The number of hydrogen-bond donors (Lipinski definition) is 1. The lowest BCUT2D eigenvalue weighted by Crippen LogP contribution is -2.30. The largest absolute Gasteiger partial charge is 0.489 e. The number of benzene rings is 1. The molecule has 3 heteroatoms. The molecule has 1 rings (SSSR count). The summed E-state index contributed by atoms with van der Waals surface area (Å²) in [5.41, 5.74) is 1.31. The van der Waals surface area contributed by atoms with E-state index in [-0.39, 0.29) is 6.10 Å². The summed E-state index contributed by atoms with van der Waals surface area (Å²) in [6.07, 6.45) is 2.33. The molecule has 0 bridgehead atoms. The molecule has 0 aliphatic carbocycles. The highest BCUT2D eigenvalue weighted by Crippen LogP contribution is 2.28. The summed E-state index contributed by atoms with van der Waals surface area (Å²) >= 11 is 0. The Balaban J connectivity index is 2.43. The fourth-order valence-electron chi connectivity index (χ4n) is 2.12. The van der Waals surface area contributed by atoms with Gasteiger partial charge >= 0.3 is 0 Å². The Morgan fingerprint density at radius 2 is 1.95 bits per heavy atom. The fourth-order valence-corrected chi connectivity index (χ4v) is 2.12. The van der Waals surface area contributed by atoms with Gasteiger partial charge in [0.1, 0.15) is 11.9 Å². The third-order valence-electron chi connectivity index (χ3n) is 3.52. The van der Waals surface area contributed by atoms with Crippen LogP contribution in [-0.2, 0) is 4.74 Å². The van der Waals surface area contributed by atoms with Crippen LogP contribution in [0.1, 0.15) is 45.1 Å². The maximum absolute atomic E-state index is 6.08. The minimum Gasteiger partial charge on any atom is -0.489 e. The zero-order chi connectivity index (χ0) is 14.8. The van der Waals surface area contributed by atoms with Crippen molar-refractivity contribution in [2.45, 2.75) is 45.6 Å². The third-order valence-corrected chi connectivity index (χ3v) is 3.52. The van der Waals surface area contributed by atoms with E-state index in [1.54, 1.807) is 7.11 Å². The standard InChI is InChI=1S/C17H29NO2/c1-5-14(2)16-9-6-7-10-17(16)20-15(3)13-18-11-8-12-19-4/h6-7,9-10,14-15,18H,5,8,11-13H2,1-4H3. The molecule has 0 aromatic heterocycles. The van der Waals surface area contributed by atoms with Crippen LogP contribution in [0.5, 0.6) is 5.75 Å². The van der Waals surface area contributed by atoms with Gasteiger partial charge in [-0.1, -0.05) is 32.0 Å². The SMILES string of the molecule is CCC(C)c1ccccc1OC(C)CNCCCOC. The van der Waals surface area contributed by atoms with Crippen LogP contribution >= 0.6 is 0 Å². The Labute approximate surface area is 123 Å². The van der Waals surface area contributed by atoms with Crippen molar-refractivity contribution >= 4 is 0 Å². The molecule has 0 amide bonds. The van der Waals surface area contributed by atoms with Crippen LogP contribution in [0.25, 0.3) is 0 Å². The lowest BCUT2D eigenvalue weighted by Gasteiger charge is -2.20. The number of methoxy groups -OCH3 is 1. The monoisotopic (exact) mass is 279 g/mol. The molecule has 0 fully saturated rings. The molecule has 2 atom stereocenters. The van der Waals surface area contributed by atoms with E-state index in [2.05, 4.69) is 44.3 Å². The van der Waals surface area contributed by atoms with Gasteiger partial charge in [0.25, 0.3) is 0 Å². The van der Waals surface area contributed by atoms with E-state index >= 15 is 0 Å². The molecule has 0 spiro atoms. The van der Waals surface area contributed by atoms with Gasteiger partial charge in [0.05, 0.1) is 0 Å². The molecule has 0 saturated carbocycles. The molecule has 0 radical (unpaired) electrons. The Morgan fingerprint density at radius 3 is 2.65 bits per heavy atom. The number of nitrogens with one attached hydrogen (secondary N) is 1. The van der Waals surface area contributed by atoms with Crippen LogP contribution in [0.3, 0.4) is 0 Å². The minimum absolute atomic E-state index is 0.169. The fraction of sp³-hybridized carbons (Fsp3) is 0.647. The average molecular weight is 279 g/mol. The van der Waals surface area contributed by atoms with E-state index in [0.717, 1.165) is 38.3 Å². The van der Waals surface area contributed by atoms with Crippen molar-refractivity contribution in [3.05, 3.63) is 29.8 Å². The predicted octanol–water partition coefficient (Wildman–Crippen LogP) is 3.59. The van der Waals surface area contributed by atoms with E-state index in [1.165, 1.54) is 5.56 Å². The summed E-state index contributed by atoms with van der Waals surface area (Å²) in [4.78, 5) is 0. The highest BCUT2D eigenvalue weighted by molar-refractivity contribution is 5.36. The minimum atomic E-state index is 0.169. The summed E-state index contributed by atoms with van der Waals surface area (Å²) in [5.74, 6) is 1.56. The van der Waals surface area contributed by atoms with Crippen molar-refractivity contribution in [1.29, 1.82) is 0 Å². The Morgan fingerprint density at radius 1 is 1.20 bits per heavy atom. The van der Waals surface area contributed by atoms with E-state index < -0.39 is 0 Å². The van der Waals surface area contributed by atoms with Crippen molar-refractivity contribution in [2.24, 2.45) is 0 Å². The molecular weight excluding hydrogens is 250 g/mol. The normalized spacial score (nSPS) is 14.0. The van der Waals surface area contributed by atoms with Gasteiger partial charge in [-0.25, -0.2) is 0 Å². The summed E-state index contributed by atoms with van der Waals surface area (Å²) in [6, 6.07) is 8.37. The first-order valence-corrected chi connectivity index (χ1v) is 7.64. The molecule has 0 heterocycles. The smallest absolute Gasteiger partial charge is 0.123 e. The van der Waals surface area contributed by atoms with Gasteiger partial charge in [-0.05, 0) is 43.9 Å². The molecule has 0 aliphatic heterocycles. The second-order valence-corrected chi connectivity index (χ2v) is 5.33. The van der Waals surface area contributed by atoms with Crippen LogP contribution in [-0.4, -0.2) is 32.9 Å². The van der Waals surface area contributed by atoms with Crippen molar-refractivity contribution < 1.29 is 9.47 Å². The lowest BCUT2D eigenvalue weighted by molar-refractivity contribution is 0.188. The molecule has 114 valence electrons. The maximum atomic E-state index is 6.08. The molecule has 1 N–H and O–H groups in total. The number of para-hydroxylation sites is 1. The maximum Gasteiger partial charge on any atom is 0.123 e. The molecule has 3 nitrogen and oxygen atoms in total. The molecule has 2 unspecified atom stereocenters. The number of rotatable bonds is 10. The van der Waals surface area contributed by atoms with Crippen molar-refractivity contribution in [2.75, 3.05) is 26.8 Å². The van der Waals surface area contributed by atoms with Gasteiger partial charge in [-0.3, -0.25) is 0 Å². The van der Waals surface area contributed by atoms with E-state index in [9.17, 15) is 0 Å². The van der Waals surface area contributed by atoms with Crippen molar-refractivity contribution in [3.8, 4) is 5.75 Å². The van der Waals surface area contributed by atoms with Crippen molar-refractivity contribution in [1.82, 2.24) is 5.32 Å². The Hall–Kier alpha value is -1.06. The van der Waals surface area contributed by atoms with E-state index in [1.807, 2.05) is 6.07 Å². The first kappa shape index (κ1) is 17.0. The Bertz CT molecular complexity index is 368. The molecule has 20 heavy (non-hydrogen) atoms. The van der Waals surface area contributed by atoms with Gasteiger partial charge in [0, 0.05) is 20.3 Å². The van der Waals surface area contributed by atoms with Crippen LogP contribution < -0.4 is 10.1 Å². The Kier molecular flexibility index (Phi) is 8.31. The molecule has 1 aromatic carbocycles. The predicted molar refractivity (Wildman–Crippen MR) is 84.6 cm³/mol. The zero-order valence-electron chi connectivity index (χ0n) is 13.3. The molecule has 0 saturated heterocycles. The van der Waals surface area contributed by atoms with E-state index in [0.29, 0.717) is 5.92 Å². The lowest BCUT2D eigenvalue weighted by atomic mass is 9.98. The topological polar surface area (TPSA) is 30.5 Å². The quantitative estimate of drug-likeness (QED) is 0.664.